The Hall–Kier alpha value is -1.60. The van der Waals surface area contributed by atoms with E-state index in [4.69, 9.17) is 4.74 Å². The molecule has 0 atom stereocenters. The van der Waals surface area contributed by atoms with Gasteiger partial charge in [0, 0.05) is 22.3 Å². The number of alkyl halides is 6. The lowest BCUT2D eigenvalue weighted by atomic mass is 9.89. The third-order valence-corrected chi connectivity index (χ3v) is 5.53. The topological polar surface area (TPSA) is 40.6 Å². The minimum absolute atomic E-state index is 0.115. The number of ether oxygens (including phenoxy) is 3. The molecule has 1 aromatic carbocycles. The summed E-state index contributed by atoms with van der Waals surface area (Å²) in [5.41, 5.74) is -4.81. The van der Waals surface area contributed by atoms with E-state index in [2.05, 4.69) is 37.0 Å². The van der Waals surface area contributed by atoms with Crippen LogP contribution in [0, 0.1) is 10.5 Å². The molecule has 11 heteroatoms. The largest absolute Gasteiger partial charge is 0.439 e. The molecule has 0 saturated heterocycles. The van der Waals surface area contributed by atoms with Gasteiger partial charge < -0.3 is 14.2 Å². The van der Waals surface area contributed by atoms with Crippen molar-refractivity contribution < 1.29 is 40.6 Å². The molecule has 0 radical (unpaired) electrons. The molecule has 2 rings (SSSR count). The molecule has 0 amide bonds. The van der Waals surface area contributed by atoms with E-state index in [1.807, 2.05) is 0 Å². The molecule has 0 aliphatic carbocycles. The zero-order chi connectivity index (χ0) is 23.4. The van der Waals surface area contributed by atoms with Crippen LogP contribution in [0.3, 0.4) is 0 Å². The molecular weight excluding hydrogens is 543 g/mol. The number of hydrogen-bond acceptors (Lipinski definition) is 4. The molecule has 2 aromatic rings. The van der Waals surface area contributed by atoms with Gasteiger partial charge in [0.1, 0.15) is 12.5 Å². The molecule has 1 heterocycles. The van der Waals surface area contributed by atoms with Crippen LogP contribution in [0.25, 0.3) is 0 Å². The number of aromatic nitrogens is 1. The van der Waals surface area contributed by atoms with Gasteiger partial charge in [-0.25, -0.2) is 4.98 Å². The maximum atomic E-state index is 13.8. The summed E-state index contributed by atoms with van der Waals surface area (Å²) in [6.07, 6.45) is -10.9. The highest BCUT2D eigenvalue weighted by Crippen LogP contribution is 2.53. The molecule has 31 heavy (non-hydrogen) atoms. The van der Waals surface area contributed by atoms with E-state index in [0.717, 1.165) is 22.8 Å². The number of nitrogens with zero attached hydrogens (tertiary/aromatic N) is 1. The van der Waals surface area contributed by atoms with Crippen molar-refractivity contribution >= 4 is 22.6 Å². The first-order valence-electron chi connectivity index (χ1n) is 9.08. The number of aryl methyl sites for hydroxylation is 2. The summed E-state index contributed by atoms with van der Waals surface area (Å²) in [5.74, 6) is 0.292. The van der Waals surface area contributed by atoms with Crippen LogP contribution < -0.4 is 4.74 Å². The maximum absolute atomic E-state index is 13.8. The van der Waals surface area contributed by atoms with Crippen molar-refractivity contribution in [2.45, 2.75) is 44.6 Å². The van der Waals surface area contributed by atoms with Gasteiger partial charge in [0.05, 0.1) is 5.69 Å². The van der Waals surface area contributed by atoms with Crippen LogP contribution >= 0.6 is 22.6 Å². The standard InChI is InChI=1S/C20H20F6INO3/c1-4-5-13-10-14(18(19(21,22)23,20(24,25)26)30-11-29-3)6-8-16(13)31-17-9-7-15(27)12(2)28-17/h6-10H,4-5,11H2,1-3H3. The number of hydrogen-bond donors (Lipinski definition) is 0. The number of benzene rings is 1. The highest BCUT2D eigenvalue weighted by atomic mass is 127. The van der Waals surface area contributed by atoms with Crippen LogP contribution in [0.15, 0.2) is 30.3 Å². The first-order chi connectivity index (χ1) is 14.4. The van der Waals surface area contributed by atoms with E-state index in [0.29, 0.717) is 18.2 Å². The van der Waals surface area contributed by atoms with Gasteiger partial charge in [-0.15, -0.1) is 0 Å². The van der Waals surface area contributed by atoms with E-state index in [1.165, 1.54) is 0 Å². The third kappa shape index (κ3) is 5.43. The summed E-state index contributed by atoms with van der Waals surface area (Å²) in [4.78, 5) is 4.23. The van der Waals surface area contributed by atoms with Crippen molar-refractivity contribution in [2.24, 2.45) is 0 Å². The third-order valence-electron chi connectivity index (χ3n) is 4.39. The Bertz CT molecular complexity index is 887. The summed E-state index contributed by atoms with van der Waals surface area (Å²) in [5, 5.41) is 0. The molecule has 0 aliphatic rings. The average molecular weight is 563 g/mol. The fourth-order valence-electron chi connectivity index (χ4n) is 2.94. The summed E-state index contributed by atoms with van der Waals surface area (Å²) in [6, 6.07) is 5.89. The first kappa shape index (κ1) is 25.7. The fraction of sp³-hybridized carbons (Fsp3) is 0.450. The van der Waals surface area contributed by atoms with Crippen molar-refractivity contribution in [3.8, 4) is 11.6 Å². The highest BCUT2D eigenvalue weighted by molar-refractivity contribution is 14.1. The number of halogens is 7. The van der Waals surface area contributed by atoms with Crippen LogP contribution in [0.5, 0.6) is 11.6 Å². The summed E-state index contributed by atoms with van der Waals surface area (Å²) >= 11 is 2.08. The lowest BCUT2D eigenvalue weighted by Gasteiger charge is -2.37. The van der Waals surface area contributed by atoms with Crippen LogP contribution in [0.4, 0.5) is 26.3 Å². The number of rotatable bonds is 8. The van der Waals surface area contributed by atoms with Crippen molar-refractivity contribution in [1.82, 2.24) is 4.98 Å². The summed E-state index contributed by atoms with van der Waals surface area (Å²) in [6.45, 7) is 2.29. The number of methoxy groups -OCH3 is 1. The van der Waals surface area contributed by atoms with Crippen LogP contribution in [-0.4, -0.2) is 31.2 Å². The zero-order valence-electron chi connectivity index (χ0n) is 16.8. The lowest BCUT2D eigenvalue weighted by molar-refractivity contribution is -0.400. The SMILES string of the molecule is CCCc1cc(C(OCOC)(C(F)(F)F)C(F)(F)F)ccc1Oc1ccc(I)c(C)n1. The normalized spacial score (nSPS) is 12.8. The quantitative estimate of drug-likeness (QED) is 0.204. The van der Waals surface area contributed by atoms with Crippen LogP contribution in [0.1, 0.15) is 30.2 Å². The van der Waals surface area contributed by atoms with Gasteiger partial charge in [-0.3, -0.25) is 0 Å². The zero-order valence-corrected chi connectivity index (χ0v) is 19.0. The van der Waals surface area contributed by atoms with Crippen molar-refractivity contribution in [1.29, 1.82) is 0 Å². The van der Waals surface area contributed by atoms with Gasteiger partial charge in [0.25, 0.3) is 5.60 Å². The van der Waals surface area contributed by atoms with Gasteiger partial charge >= 0.3 is 12.4 Å². The van der Waals surface area contributed by atoms with Crippen molar-refractivity contribution in [3.63, 3.8) is 0 Å². The lowest BCUT2D eigenvalue weighted by Crippen LogP contribution is -2.56. The first-order valence-corrected chi connectivity index (χ1v) is 10.2. The minimum atomic E-state index is -5.79. The summed E-state index contributed by atoms with van der Waals surface area (Å²) < 4.78 is 97.9. The smallest absolute Gasteiger partial charge is 0.430 e. The molecule has 0 bridgehead atoms. The van der Waals surface area contributed by atoms with E-state index in [-0.39, 0.29) is 23.6 Å². The predicted octanol–water partition coefficient (Wildman–Crippen LogP) is 6.68. The van der Waals surface area contributed by atoms with Gasteiger partial charge in [0.2, 0.25) is 5.88 Å². The molecule has 0 spiro atoms. The molecule has 0 aliphatic heterocycles. The molecule has 0 N–H and O–H groups in total. The van der Waals surface area contributed by atoms with E-state index in [1.54, 1.807) is 26.0 Å². The maximum Gasteiger partial charge on any atom is 0.430 e. The Kier molecular flexibility index (Phi) is 8.20. The minimum Gasteiger partial charge on any atom is -0.439 e. The highest BCUT2D eigenvalue weighted by Gasteiger charge is 2.73. The van der Waals surface area contributed by atoms with Gasteiger partial charge in [0.15, 0.2) is 0 Å². The Morgan fingerprint density at radius 1 is 1.00 bits per heavy atom. The predicted molar refractivity (Wildman–Crippen MR) is 109 cm³/mol. The second-order valence-electron chi connectivity index (χ2n) is 6.62. The monoisotopic (exact) mass is 563 g/mol. The fourth-order valence-corrected chi connectivity index (χ4v) is 3.24. The van der Waals surface area contributed by atoms with E-state index in [9.17, 15) is 26.3 Å². The molecular formula is C20H20F6INO3. The molecule has 0 fully saturated rings. The molecule has 0 saturated carbocycles. The average Bonchev–Trinajstić information content (AvgIpc) is 2.65. The Morgan fingerprint density at radius 3 is 2.16 bits per heavy atom. The Balaban J connectivity index is 2.61. The summed E-state index contributed by atoms with van der Waals surface area (Å²) in [7, 11) is 0.937. The molecule has 0 unspecified atom stereocenters. The van der Waals surface area contributed by atoms with Crippen molar-refractivity contribution in [2.75, 3.05) is 13.9 Å². The van der Waals surface area contributed by atoms with E-state index >= 15 is 0 Å². The Morgan fingerprint density at radius 2 is 1.65 bits per heavy atom. The Labute approximate surface area is 189 Å². The van der Waals surface area contributed by atoms with Gasteiger partial charge in [-0.05, 0) is 59.7 Å². The second-order valence-corrected chi connectivity index (χ2v) is 7.78. The molecule has 172 valence electrons. The second kappa shape index (κ2) is 9.90. The molecule has 4 nitrogen and oxygen atoms in total. The van der Waals surface area contributed by atoms with Gasteiger partial charge in [-0.2, -0.15) is 26.3 Å². The van der Waals surface area contributed by atoms with Crippen molar-refractivity contribution in [3.05, 3.63) is 50.7 Å². The molecule has 1 aromatic heterocycles. The van der Waals surface area contributed by atoms with Gasteiger partial charge in [-0.1, -0.05) is 19.4 Å². The van der Waals surface area contributed by atoms with E-state index < -0.39 is 30.3 Å². The van der Waals surface area contributed by atoms with Crippen LogP contribution in [0.2, 0.25) is 0 Å². The van der Waals surface area contributed by atoms with Crippen LogP contribution in [-0.2, 0) is 21.5 Å². The number of pyridine rings is 1.